The van der Waals surface area contributed by atoms with Gasteiger partial charge in [0.25, 0.3) is 0 Å². The van der Waals surface area contributed by atoms with Gasteiger partial charge >= 0.3 is 0 Å². The summed E-state index contributed by atoms with van der Waals surface area (Å²) >= 11 is 1.40. The number of thiazole rings is 1. The molecule has 0 amide bonds. The van der Waals surface area contributed by atoms with E-state index >= 15 is 0 Å². The quantitative estimate of drug-likeness (QED) is 0.441. The van der Waals surface area contributed by atoms with Crippen LogP contribution in [0.2, 0.25) is 0 Å². The molecular weight excluding hydrogens is 420 g/mol. The van der Waals surface area contributed by atoms with E-state index in [1.54, 1.807) is 35.8 Å². The average molecular weight is 443 g/mol. The van der Waals surface area contributed by atoms with E-state index in [9.17, 15) is 8.42 Å². The second-order valence-electron chi connectivity index (χ2n) is 6.79. The Balaban J connectivity index is 1.50. The highest BCUT2D eigenvalue weighted by Gasteiger charge is 2.27. The Bertz CT molecular complexity index is 1150. The number of anilines is 1. The van der Waals surface area contributed by atoms with Crippen molar-refractivity contribution in [2.24, 2.45) is 5.10 Å². The number of methoxy groups -OCH3 is 1. The van der Waals surface area contributed by atoms with Gasteiger partial charge in [-0.2, -0.15) is 9.41 Å². The van der Waals surface area contributed by atoms with Crippen LogP contribution >= 0.6 is 11.3 Å². The number of aromatic nitrogens is 1. The second-order valence-corrected chi connectivity index (χ2v) is 9.58. The molecule has 0 aliphatic carbocycles. The van der Waals surface area contributed by atoms with Gasteiger partial charge in [-0.25, -0.2) is 13.4 Å². The number of hydrogen-bond donors (Lipinski definition) is 1. The molecule has 1 aliphatic rings. The van der Waals surface area contributed by atoms with Crippen molar-refractivity contribution in [3.8, 4) is 17.0 Å². The van der Waals surface area contributed by atoms with E-state index in [2.05, 4.69) is 15.5 Å². The fraction of sp³-hybridized carbons (Fsp3) is 0.238. The number of hydrogen-bond acceptors (Lipinski definition) is 7. The molecule has 0 atom stereocenters. The average Bonchev–Trinajstić information content (AvgIpc) is 3.47. The summed E-state index contributed by atoms with van der Waals surface area (Å²) in [6.07, 6.45) is 3.49. The fourth-order valence-electron chi connectivity index (χ4n) is 3.28. The molecule has 1 N–H and O–H groups in total. The lowest BCUT2D eigenvalue weighted by atomic mass is 10.2. The second kappa shape index (κ2) is 8.95. The summed E-state index contributed by atoms with van der Waals surface area (Å²) in [5, 5.41) is 6.72. The third kappa shape index (κ3) is 4.38. The number of benzene rings is 2. The van der Waals surface area contributed by atoms with Crippen LogP contribution < -0.4 is 10.2 Å². The summed E-state index contributed by atoms with van der Waals surface area (Å²) in [6, 6.07) is 14.5. The zero-order valence-electron chi connectivity index (χ0n) is 16.5. The maximum absolute atomic E-state index is 12.8. The highest BCUT2D eigenvalue weighted by molar-refractivity contribution is 7.89. The first kappa shape index (κ1) is 20.5. The standard InChI is InChI=1S/C21H22N4O3S2/c1-28-20-10-3-2-7-17(20)14-22-24-21-23-19(15-29-21)16-8-6-9-18(13-16)30(26,27)25-11-4-5-12-25/h2-3,6-10,13-15H,4-5,11-12H2,1H3,(H,23,24)/b22-14+. The minimum atomic E-state index is -3.46. The van der Waals surface area contributed by atoms with Gasteiger partial charge in [-0.05, 0) is 37.1 Å². The van der Waals surface area contributed by atoms with Crippen molar-refractivity contribution in [3.05, 3.63) is 59.5 Å². The lowest BCUT2D eigenvalue weighted by Gasteiger charge is -2.15. The largest absolute Gasteiger partial charge is 0.496 e. The molecule has 156 valence electrons. The molecule has 7 nitrogen and oxygen atoms in total. The minimum absolute atomic E-state index is 0.304. The van der Waals surface area contributed by atoms with Crippen LogP contribution in [0.1, 0.15) is 18.4 Å². The van der Waals surface area contributed by atoms with Crippen molar-refractivity contribution in [1.29, 1.82) is 0 Å². The zero-order chi connectivity index (χ0) is 21.0. The summed E-state index contributed by atoms with van der Waals surface area (Å²) in [6.45, 7) is 1.17. The van der Waals surface area contributed by atoms with E-state index in [0.29, 0.717) is 28.8 Å². The first-order chi connectivity index (χ1) is 14.6. The predicted octanol–water partition coefficient (Wildman–Crippen LogP) is 4.05. The monoisotopic (exact) mass is 442 g/mol. The molecule has 1 fully saturated rings. The molecule has 9 heteroatoms. The first-order valence-corrected chi connectivity index (χ1v) is 11.9. The van der Waals surface area contributed by atoms with E-state index in [1.165, 1.54) is 11.3 Å². The van der Waals surface area contributed by atoms with Crippen LogP contribution in [0.3, 0.4) is 0 Å². The molecule has 0 unspecified atom stereocenters. The third-order valence-electron chi connectivity index (χ3n) is 4.84. The summed E-state index contributed by atoms with van der Waals surface area (Å²) in [5.74, 6) is 0.735. The van der Waals surface area contributed by atoms with Crippen LogP contribution in [0.5, 0.6) is 5.75 Å². The van der Waals surface area contributed by atoms with E-state index in [-0.39, 0.29) is 0 Å². The van der Waals surface area contributed by atoms with E-state index in [1.807, 2.05) is 35.7 Å². The number of ether oxygens (including phenoxy) is 1. The molecule has 3 aromatic rings. The van der Waals surface area contributed by atoms with E-state index in [0.717, 1.165) is 29.7 Å². The topological polar surface area (TPSA) is 83.9 Å². The Morgan fingerprint density at radius 2 is 1.97 bits per heavy atom. The summed E-state index contributed by atoms with van der Waals surface area (Å²) in [4.78, 5) is 4.83. The molecule has 0 bridgehead atoms. The van der Waals surface area contributed by atoms with Gasteiger partial charge in [-0.1, -0.05) is 24.3 Å². The molecule has 1 aliphatic heterocycles. The number of para-hydroxylation sites is 1. The number of nitrogens with one attached hydrogen (secondary N) is 1. The van der Waals surface area contributed by atoms with Gasteiger partial charge in [-0.3, -0.25) is 5.43 Å². The lowest BCUT2D eigenvalue weighted by molar-refractivity contribution is 0.414. The van der Waals surface area contributed by atoms with Crippen molar-refractivity contribution >= 4 is 32.7 Å². The van der Waals surface area contributed by atoms with Crippen molar-refractivity contribution in [2.45, 2.75) is 17.7 Å². The first-order valence-electron chi connectivity index (χ1n) is 9.56. The molecule has 1 saturated heterocycles. The zero-order valence-corrected chi connectivity index (χ0v) is 18.1. The van der Waals surface area contributed by atoms with Crippen LogP contribution in [0.25, 0.3) is 11.3 Å². The van der Waals surface area contributed by atoms with Crippen molar-refractivity contribution in [2.75, 3.05) is 25.6 Å². The van der Waals surface area contributed by atoms with Crippen molar-refractivity contribution in [1.82, 2.24) is 9.29 Å². The maximum Gasteiger partial charge on any atom is 0.243 e. The van der Waals surface area contributed by atoms with Gasteiger partial charge in [0.15, 0.2) is 0 Å². The molecule has 0 spiro atoms. The fourth-order valence-corrected chi connectivity index (χ4v) is 5.51. The van der Waals surface area contributed by atoms with Crippen molar-refractivity contribution in [3.63, 3.8) is 0 Å². The summed E-state index contributed by atoms with van der Waals surface area (Å²) in [7, 11) is -1.84. The SMILES string of the molecule is COc1ccccc1/C=N/Nc1nc(-c2cccc(S(=O)(=O)N3CCCC3)c2)cs1. The van der Waals surface area contributed by atoms with Gasteiger partial charge in [0.1, 0.15) is 5.75 Å². The third-order valence-corrected chi connectivity index (χ3v) is 7.48. The Labute approximate surface area is 180 Å². The Morgan fingerprint density at radius 3 is 2.77 bits per heavy atom. The molecule has 2 aromatic carbocycles. The summed E-state index contributed by atoms with van der Waals surface area (Å²) < 4.78 is 32.5. The smallest absolute Gasteiger partial charge is 0.243 e. The van der Waals surface area contributed by atoms with Gasteiger partial charge in [-0.15, -0.1) is 11.3 Å². The molecule has 4 rings (SSSR count). The number of sulfonamides is 1. The number of hydrazone groups is 1. The van der Waals surface area contributed by atoms with Gasteiger partial charge in [0.2, 0.25) is 15.2 Å². The van der Waals surface area contributed by atoms with Crippen LogP contribution in [-0.4, -0.2) is 44.1 Å². The Hall–Kier alpha value is -2.75. The Morgan fingerprint density at radius 1 is 1.17 bits per heavy atom. The number of nitrogens with zero attached hydrogens (tertiary/aromatic N) is 3. The van der Waals surface area contributed by atoms with Gasteiger partial charge in [0.05, 0.1) is 23.9 Å². The molecule has 1 aromatic heterocycles. The van der Waals surface area contributed by atoms with Crippen LogP contribution in [0.4, 0.5) is 5.13 Å². The predicted molar refractivity (Wildman–Crippen MR) is 120 cm³/mol. The van der Waals surface area contributed by atoms with E-state index in [4.69, 9.17) is 4.74 Å². The van der Waals surface area contributed by atoms with E-state index < -0.39 is 10.0 Å². The number of rotatable bonds is 7. The lowest BCUT2D eigenvalue weighted by Crippen LogP contribution is -2.27. The maximum atomic E-state index is 12.8. The molecule has 0 saturated carbocycles. The van der Waals surface area contributed by atoms with Crippen LogP contribution in [0.15, 0.2) is 63.9 Å². The highest BCUT2D eigenvalue weighted by atomic mass is 32.2. The minimum Gasteiger partial charge on any atom is -0.496 e. The normalized spacial score (nSPS) is 15.0. The van der Waals surface area contributed by atoms with Crippen LogP contribution in [0, 0.1) is 0 Å². The summed E-state index contributed by atoms with van der Waals surface area (Å²) in [5.41, 5.74) is 5.23. The molecule has 2 heterocycles. The highest BCUT2D eigenvalue weighted by Crippen LogP contribution is 2.28. The molecule has 0 radical (unpaired) electrons. The molecular formula is C21H22N4O3S2. The van der Waals surface area contributed by atoms with Gasteiger partial charge < -0.3 is 4.74 Å². The Kier molecular flexibility index (Phi) is 6.12. The van der Waals surface area contributed by atoms with Crippen molar-refractivity contribution < 1.29 is 13.2 Å². The van der Waals surface area contributed by atoms with Gasteiger partial charge in [0, 0.05) is 29.6 Å². The van der Waals surface area contributed by atoms with Crippen LogP contribution in [-0.2, 0) is 10.0 Å². The molecule has 30 heavy (non-hydrogen) atoms.